The summed E-state index contributed by atoms with van der Waals surface area (Å²) in [5, 5.41) is 23.5. The zero-order chi connectivity index (χ0) is 13.9. The Kier molecular flexibility index (Phi) is 3.43. The Bertz CT molecular complexity index is 553. The Morgan fingerprint density at radius 1 is 1.32 bits per heavy atom. The molecule has 0 heterocycles. The van der Waals surface area contributed by atoms with Gasteiger partial charge >= 0.3 is 11.4 Å². The van der Waals surface area contributed by atoms with Crippen LogP contribution in [-0.2, 0) is 4.79 Å². The van der Waals surface area contributed by atoms with E-state index in [0.717, 1.165) is 6.08 Å². The van der Waals surface area contributed by atoms with E-state index in [1.807, 2.05) is 0 Å². The molecule has 0 radical (unpaired) electrons. The van der Waals surface area contributed by atoms with Gasteiger partial charge < -0.3 is 10.4 Å². The van der Waals surface area contributed by atoms with Crippen LogP contribution >= 0.6 is 0 Å². The van der Waals surface area contributed by atoms with Gasteiger partial charge in [0.25, 0.3) is 0 Å². The predicted molar refractivity (Wildman–Crippen MR) is 69.1 cm³/mol. The quantitative estimate of drug-likeness (QED) is 0.629. The summed E-state index contributed by atoms with van der Waals surface area (Å²) >= 11 is 0. The first-order valence-electron chi connectivity index (χ1n) is 5.62. The molecule has 6 heteroatoms. The van der Waals surface area contributed by atoms with Crippen molar-refractivity contribution in [3.05, 3.63) is 64.8 Å². The molecular formula is C13H12N2O4. The van der Waals surface area contributed by atoms with Crippen LogP contribution < -0.4 is 5.32 Å². The summed E-state index contributed by atoms with van der Waals surface area (Å²) in [6.07, 6.45) is 3.64. The van der Waals surface area contributed by atoms with Crippen LogP contribution in [0.25, 0.3) is 0 Å². The fourth-order valence-corrected chi connectivity index (χ4v) is 1.83. The van der Waals surface area contributed by atoms with E-state index in [4.69, 9.17) is 0 Å². The average molecular weight is 260 g/mol. The molecule has 0 saturated heterocycles. The molecule has 6 nitrogen and oxygen atoms in total. The molecule has 0 aliphatic heterocycles. The molecule has 2 N–H and O–H groups in total. The number of carbonyl (C=O) groups is 1. The highest BCUT2D eigenvalue weighted by atomic mass is 16.6. The first-order chi connectivity index (χ1) is 9.07. The van der Waals surface area contributed by atoms with Gasteiger partial charge in [0.2, 0.25) is 0 Å². The number of rotatable bonds is 3. The predicted octanol–water partition coefficient (Wildman–Crippen LogP) is 1.13. The number of hydrogen-bond donors (Lipinski definition) is 2. The molecule has 19 heavy (non-hydrogen) atoms. The van der Waals surface area contributed by atoms with Crippen molar-refractivity contribution < 1.29 is 14.8 Å². The summed E-state index contributed by atoms with van der Waals surface area (Å²) < 4.78 is 0. The Morgan fingerprint density at radius 3 is 2.58 bits per heavy atom. The monoisotopic (exact) mass is 260 g/mol. The molecule has 2 unspecified atom stereocenters. The molecule has 2 rings (SSSR count). The number of aliphatic hydroxyl groups is 1. The molecule has 1 aromatic rings. The van der Waals surface area contributed by atoms with Crippen molar-refractivity contribution >= 4 is 11.6 Å². The van der Waals surface area contributed by atoms with Gasteiger partial charge in [0.15, 0.2) is 6.10 Å². The molecule has 2 atom stereocenters. The molecule has 1 aliphatic carbocycles. The third-order valence-corrected chi connectivity index (χ3v) is 2.90. The van der Waals surface area contributed by atoms with Crippen molar-refractivity contribution in [2.45, 2.75) is 11.6 Å². The molecule has 0 fully saturated rings. The van der Waals surface area contributed by atoms with Crippen molar-refractivity contribution in [1.82, 2.24) is 0 Å². The maximum Gasteiger partial charge on any atom is 0.346 e. The van der Waals surface area contributed by atoms with Gasteiger partial charge in [-0.05, 0) is 18.2 Å². The van der Waals surface area contributed by atoms with E-state index in [-0.39, 0.29) is 0 Å². The van der Waals surface area contributed by atoms with Crippen LogP contribution in [-0.4, -0.2) is 27.6 Å². The maximum absolute atomic E-state index is 12.1. The number of aliphatic hydroxyl groups excluding tert-OH is 1. The highest BCUT2D eigenvalue weighted by Gasteiger charge is 2.55. The first-order valence-corrected chi connectivity index (χ1v) is 5.62. The smallest absolute Gasteiger partial charge is 0.346 e. The van der Waals surface area contributed by atoms with Crippen LogP contribution in [0.1, 0.15) is 0 Å². The number of carbonyl (C=O) groups excluding carboxylic acids is 1. The van der Waals surface area contributed by atoms with Crippen molar-refractivity contribution in [2.75, 3.05) is 5.32 Å². The lowest BCUT2D eigenvalue weighted by Crippen LogP contribution is -2.56. The van der Waals surface area contributed by atoms with Crippen molar-refractivity contribution in [2.24, 2.45) is 0 Å². The van der Waals surface area contributed by atoms with Gasteiger partial charge in [-0.1, -0.05) is 30.4 Å². The lowest BCUT2D eigenvalue weighted by Gasteiger charge is -2.25. The number of nitrogens with one attached hydrogen (secondary N) is 1. The minimum absolute atomic E-state index is 0.434. The van der Waals surface area contributed by atoms with Crippen LogP contribution in [0.3, 0.4) is 0 Å². The Morgan fingerprint density at radius 2 is 2.00 bits per heavy atom. The van der Waals surface area contributed by atoms with Crippen molar-refractivity contribution in [3.8, 4) is 0 Å². The molecule has 0 saturated carbocycles. The summed E-state index contributed by atoms with van der Waals surface area (Å²) in [5.74, 6) is -0.878. The number of anilines is 1. The molecule has 0 spiro atoms. The topological polar surface area (TPSA) is 92.5 Å². The Labute approximate surface area is 109 Å². The van der Waals surface area contributed by atoms with Crippen LogP contribution in [0.15, 0.2) is 54.6 Å². The second kappa shape index (κ2) is 5.03. The lowest BCUT2D eigenvalue weighted by molar-refractivity contribution is -0.547. The van der Waals surface area contributed by atoms with Crippen molar-refractivity contribution in [1.29, 1.82) is 0 Å². The summed E-state index contributed by atoms with van der Waals surface area (Å²) in [7, 11) is 0. The summed E-state index contributed by atoms with van der Waals surface area (Å²) in [5.41, 5.74) is -1.76. The van der Waals surface area contributed by atoms with Crippen molar-refractivity contribution in [3.63, 3.8) is 0 Å². The van der Waals surface area contributed by atoms with E-state index >= 15 is 0 Å². The van der Waals surface area contributed by atoms with E-state index in [2.05, 4.69) is 5.32 Å². The van der Waals surface area contributed by atoms with Gasteiger partial charge in [-0.2, -0.15) is 0 Å². The van der Waals surface area contributed by atoms with E-state index in [9.17, 15) is 20.0 Å². The summed E-state index contributed by atoms with van der Waals surface area (Å²) in [6.45, 7) is 0. The second-order valence-corrected chi connectivity index (χ2v) is 4.09. The minimum Gasteiger partial charge on any atom is -0.380 e. The molecule has 98 valence electrons. The largest absolute Gasteiger partial charge is 0.380 e. The highest BCUT2D eigenvalue weighted by Crippen LogP contribution is 2.24. The van der Waals surface area contributed by atoms with Gasteiger partial charge in [-0.25, -0.2) is 0 Å². The zero-order valence-corrected chi connectivity index (χ0v) is 9.89. The molecule has 0 aromatic heterocycles. The van der Waals surface area contributed by atoms with Gasteiger partial charge in [0.05, 0.1) is 0 Å². The first kappa shape index (κ1) is 13.0. The second-order valence-electron chi connectivity index (χ2n) is 4.09. The molecule has 1 aromatic carbocycles. The number of para-hydroxylation sites is 1. The van der Waals surface area contributed by atoms with Gasteiger partial charge in [-0.3, -0.25) is 14.9 Å². The van der Waals surface area contributed by atoms with Crippen LogP contribution in [0.2, 0.25) is 0 Å². The molecule has 1 amide bonds. The Balaban J connectivity index is 2.31. The fraction of sp³-hybridized carbons (Fsp3) is 0.154. The molecule has 0 bridgehead atoms. The van der Waals surface area contributed by atoms with E-state index in [1.165, 1.54) is 18.2 Å². The Hall–Kier alpha value is -2.47. The number of nitrogens with zero attached hydrogens (tertiary/aromatic N) is 1. The SMILES string of the molecule is O=C(Nc1ccccc1)C1([N+](=O)[O-])C=CC=CC1O. The van der Waals surface area contributed by atoms with Crippen LogP contribution in [0, 0.1) is 10.1 Å². The number of benzene rings is 1. The summed E-state index contributed by atoms with van der Waals surface area (Å²) in [6, 6.07) is 8.38. The number of amides is 1. The highest BCUT2D eigenvalue weighted by molar-refractivity contribution is 5.99. The summed E-state index contributed by atoms with van der Waals surface area (Å²) in [4.78, 5) is 22.6. The average Bonchev–Trinajstić information content (AvgIpc) is 2.40. The van der Waals surface area contributed by atoms with Gasteiger partial charge in [0.1, 0.15) is 0 Å². The van der Waals surface area contributed by atoms with E-state index < -0.39 is 22.5 Å². The van der Waals surface area contributed by atoms with Crippen LogP contribution in [0.4, 0.5) is 5.69 Å². The molecule has 1 aliphatic rings. The fourth-order valence-electron chi connectivity index (χ4n) is 1.83. The van der Waals surface area contributed by atoms with E-state index in [0.29, 0.717) is 5.69 Å². The zero-order valence-electron chi connectivity index (χ0n) is 9.89. The third-order valence-electron chi connectivity index (χ3n) is 2.90. The molecular weight excluding hydrogens is 248 g/mol. The standard InChI is InChI=1S/C13H12N2O4/c16-11-8-4-5-9-13(11,15(18)19)12(17)14-10-6-2-1-3-7-10/h1-9,11,16H,(H,14,17). The van der Waals surface area contributed by atoms with Gasteiger partial charge in [-0.15, -0.1) is 0 Å². The van der Waals surface area contributed by atoms with Gasteiger partial charge in [0, 0.05) is 16.7 Å². The van der Waals surface area contributed by atoms with Crippen LogP contribution in [0.5, 0.6) is 0 Å². The number of allylic oxidation sites excluding steroid dienone is 2. The lowest BCUT2D eigenvalue weighted by atomic mass is 9.88. The van der Waals surface area contributed by atoms with E-state index in [1.54, 1.807) is 30.3 Å². The third kappa shape index (κ3) is 2.25. The maximum atomic E-state index is 12.1. The number of nitro groups is 1. The number of hydrogen-bond acceptors (Lipinski definition) is 4. The minimum atomic E-state index is -2.19. The normalized spacial score (nSPS) is 25.0.